The van der Waals surface area contributed by atoms with Crippen molar-refractivity contribution in [3.63, 3.8) is 0 Å². The van der Waals surface area contributed by atoms with Crippen LogP contribution in [0.3, 0.4) is 0 Å². The molecule has 0 bridgehead atoms. The van der Waals surface area contributed by atoms with Crippen LogP contribution in [0.15, 0.2) is 33.9 Å². The van der Waals surface area contributed by atoms with E-state index in [9.17, 15) is 18.0 Å². The standard InChI is InChI=1S/C19H19Cl2N3O5S/c1-30(27,28)15-3-2-14(29-15)18(26)23-12-7-19(8-12)5-10(6-19)17(25)24-13-4-11(20)9-22-16(13)21/h2-4,9-10,12H,5-8H2,1H3,(H,23,26)(H,24,25). The number of hydrogen-bond acceptors (Lipinski definition) is 6. The van der Waals surface area contributed by atoms with Gasteiger partial charge in [-0.3, -0.25) is 9.59 Å². The van der Waals surface area contributed by atoms with Gasteiger partial charge in [-0.15, -0.1) is 0 Å². The largest absolute Gasteiger partial charge is 0.440 e. The van der Waals surface area contributed by atoms with Crippen LogP contribution in [0.25, 0.3) is 0 Å². The maximum absolute atomic E-state index is 12.4. The molecule has 11 heteroatoms. The minimum Gasteiger partial charge on any atom is -0.440 e. The molecule has 2 fully saturated rings. The molecule has 2 amide bonds. The van der Waals surface area contributed by atoms with Gasteiger partial charge in [-0.1, -0.05) is 23.2 Å². The highest BCUT2D eigenvalue weighted by molar-refractivity contribution is 7.90. The van der Waals surface area contributed by atoms with Crippen LogP contribution in [-0.4, -0.2) is 37.5 Å². The number of sulfone groups is 1. The Hall–Kier alpha value is -2.10. The van der Waals surface area contributed by atoms with E-state index in [4.69, 9.17) is 27.6 Å². The van der Waals surface area contributed by atoms with Gasteiger partial charge in [0.1, 0.15) is 0 Å². The van der Waals surface area contributed by atoms with Crippen molar-refractivity contribution in [2.75, 3.05) is 11.6 Å². The van der Waals surface area contributed by atoms with E-state index in [2.05, 4.69) is 15.6 Å². The number of halogens is 2. The van der Waals surface area contributed by atoms with Gasteiger partial charge in [0, 0.05) is 24.4 Å². The molecule has 2 N–H and O–H groups in total. The number of pyridine rings is 1. The Labute approximate surface area is 183 Å². The second-order valence-corrected chi connectivity index (χ2v) is 10.8. The summed E-state index contributed by atoms with van der Waals surface area (Å²) in [5.74, 6) is -0.724. The Kier molecular flexibility index (Phi) is 5.32. The number of carbonyl (C=O) groups excluding carboxylic acids is 2. The quantitative estimate of drug-likeness (QED) is 0.645. The first-order chi connectivity index (χ1) is 14.0. The van der Waals surface area contributed by atoms with Gasteiger partial charge in [0.15, 0.2) is 10.9 Å². The first-order valence-electron chi connectivity index (χ1n) is 9.27. The predicted octanol–water partition coefficient (Wildman–Crippen LogP) is 3.31. The van der Waals surface area contributed by atoms with E-state index in [1.165, 1.54) is 18.3 Å². The van der Waals surface area contributed by atoms with E-state index in [0.29, 0.717) is 10.7 Å². The molecule has 2 aliphatic carbocycles. The first-order valence-corrected chi connectivity index (χ1v) is 11.9. The molecule has 2 aliphatic rings. The molecular formula is C19H19Cl2N3O5S. The van der Waals surface area contributed by atoms with Crippen molar-refractivity contribution in [2.45, 2.75) is 36.8 Å². The highest BCUT2D eigenvalue weighted by atomic mass is 35.5. The molecule has 30 heavy (non-hydrogen) atoms. The summed E-state index contributed by atoms with van der Waals surface area (Å²) in [7, 11) is -3.50. The smallest absolute Gasteiger partial charge is 0.287 e. The van der Waals surface area contributed by atoms with E-state index in [-0.39, 0.29) is 39.3 Å². The second kappa shape index (κ2) is 7.55. The van der Waals surface area contributed by atoms with Crippen molar-refractivity contribution in [3.8, 4) is 0 Å². The van der Waals surface area contributed by atoms with Crippen LogP contribution in [-0.2, 0) is 14.6 Å². The fraction of sp³-hybridized carbons (Fsp3) is 0.421. The molecule has 2 aromatic rings. The SMILES string of the molecule is CS(=O)(=O)c1ccc(C(=O)NC2CC3(C2)CC(C(=O)Nc2cc(Cl)cnc2Cl)C3)o1. The van der Waals surface area contributed by atoms with Gasteiger partial charge >= 0.3 is 0 Å². The average molecular weight is 472 g/mol. The molecule has 0 radical (unpaired) electrons. The average Bonchev–Trinajstić information content (AvgIpc) is 3.09. The van der Waals surface area contributed by atoms with E-state index in [1.807, 2.05) is 0 Å². The molecular weight excluding hydrogens is 453 g/mol. The first kappa shape index (κ1) is 21.1. The number of anilines is 1. The van der Waals surface area contributed by atoms with Gasteiger partial charge in [-0.25, -0.2) is 13.4 Å². The molecule has 160 valence electrons. The van der Waals surface area contributed by atoms with E-state index < -0.39 is 15.7 Å². The zero-order valence-electron chi connectivity index (χ0n) is 15.9. The minimum absolute atomic E-state index is 0.0279. The lowest BCUT2D eigenvalue weighted by Crippen LogP contribution is -2.57. The van der Waals surface area contributed by atoms with Crippen molar-refractivity contribution in [3.05, 3.63) is 40.3 Å². The van der Waals surface area contributed by atoms with E-state index >= 15 is 0 Å². The number of hydrogen-bond donors (Lipinski definition) is 2. The lowest BCUT2D eigenvalue weighted by Gasteiger charge is -2.57. The number of aromatic nitrogens is 1. The molecule has 1 spiro atoms. The summed E-state index contributed by atoms with van der Waals surface area (Å²) < 4.78 is 28.0. The number of carbonyl (C=O) groups is 2. The van der Waals surface area contributed by atoms with Crippen LogP contribution in [0.5, 0.6) is 0 Å². The van der Waals surface area contributed by atoms with Gasteiger partial charge < -0.3 is 15.1 Å². The maximum Gasteiger partial charge on any atom is 0.287 e. The Morgan fingerprint density at radius 2 is 1.90 bits per heavy atom. The van der Waals surface area contributed by atoms with Crippen molar-refractivity contribution in [1.82, 2.24) is 10.3 Å². The zero-order chi connectivity index (χ0) is 21.7. The van der Waals surface area contributed by atoms with Gasteiger partial charge in [0.25, 0.3) is 5.91 Å². The fourth-order valence-corrected chi connectivity index (χ4v) is 5.10. The third-order valence-corrected chi connectivity index (χ3v) is 7.12. The lowest BCUT2D eigenvalue weighted by molar-refractivity contribution is -0.133. The minimum atomic E-state index is -3.50. The van der Waals surface area contributed by atoms with Crippen LogP contribution in [0.4, 0.5) is 5.69 Å². The Morgan fingerprint density at radius 1 is 1.20 bits per heavy atom. The van der Waals surface area contributed by atoms with Gasteiger partial charge in [0.05, 0.1) is 10.7 Å². The summed E-state index contributed by atoms with van der Waals surface area (Å²) in [6.07, 6.45) is 5.42. The predicted molar refractivity (Wildman–Crippen MR) is 110 cm³/mol. The van der Waals surface area contributed by atoms with Crippen LogP contribution in [0.1, 0.15) is 36.2 Å². The molecule has 0 atom stereocenters. The fourth-order valence-electron chi connectivity index (χ4n) is 4.24. The third kappa shape index (κ3) is 4.19. The summed E-state index contributed by atoms with van der Waals surface area (Å²) >= 11 is 11.9. The van der Waals surface area contributed by atoms with E-state index in [0.717, 1.165) is 31.9 Å². The molecule has 2 aromatic heterocycles. The van der Waals surface area contributed by atoms with Crippen molar-refractivity contribution >= 4 is 50.5 Å². The van der Waals surface area contributed by atoms with Crippen molar-refractivity contribution in [1.29, 1.82) is 0 Å². The van der Waals surface area contributed by atoms with Crippen LogP contribution in [0.2, 0.25) is 10.2 Å². The van der Waals surface area contributed by atoms with E-state index in [1.54, 1.807) is 6.07 Å². The molecule has 0 saturated heterocycles. The lowest BCUT2D eigenvalue weighted by atomic mass is 9.50. The normalized spacial score (nSPS) is 25.3. The molecule has 2 saturated carbocycles. The van der Waals surface area contributed by atoms with Gasteiger partial charge in [-0.2, -0.15) is 0 Å². The summed E-state index contributed by atoms with van der Waals surface area (Å²) in [4.78, 5) is 28.6. The number of amides is 2. The Bertz CT molecular complexity index is 1120. The molecule has 0 aliphatic heterocycles. The Morgan fingerprint density at radius 3 is 2.53 bits per heavy atom. The number of furan rings is 1. The van der Waals surface area contributed by atoms with Crippen molar-refractivity contribution < 1.29 is 22.4 Å². The molecule has 4 rings (SSSR count). The molecule has 2 heterocycles. The summed E-state index contributed by atoms with van der Waals surface area (Å²) in [5, 5.41) is 5.96. The van der Waals surface area contributed by atoms with Gasteiger partial charge in [-0.05, 0) is 49.3 Å². The topological polar surface area (TPSA) is 118 Å². The van der Waals surface area contributed by atoms with Crippen LogP contribution >= 0.6 is 23.2 Å². The summed E-state index contributed by atoms with van der Waals surface area (Å²) in [6, 6.07) is 4.14. The third-order valence-electron chi connectivity index (χ3n) is 5.66. The summed E-state index contributed by atoms with van der Waals surface area (Å²) in [6.45, 7) is 0. The monoisotopic (exact) mass is 471 g/mol. The van der Waals surface area contributed by atoms with Crippen molar-refractivity contribution in [2.24, 2.45) is 11.3 Å². The zero-order valence-corrected chi connectivity index (χ0v) is 18.3. The maximum atomic E-state index is 12.4. The van der Waals surface area contributed by atoms with Gasteiger partial charge in [0.2, 0.25) is 20.8 Å². The van der Waals surface area contributed by atoms with Crippen LogP contribution < -0.4 is 10.6 Å². The molecule has 8 nitrogen and oxygen atoms in total. The summed E-state index contributed by atoms with van der Waals surface area (Å²) in [5.41, 5.74) is 0.443. The highest BCUT2D eigenvalue weighted by Gasteiger charge is 2.55. The number of nitrogens with zero attached hydrogens (tertiary/aromatic N) is 1. The van der Waals surface area contributed by atoms with Crippen LogP contribution in [0, 0.1) is 11.3 Å². The second-order valence-electron chi connectivity index (χ2n) is 8.06. The molecule has 0 aromatic carbocycles. The molecule has 0 unspecified atom stereocenters. The number of nitrogens with one attached hydrogen (secondary N) is 2. The highest BCUT2D eigenvalue weighted by Crippen LogP contribution is 2.59. The Balaban J connectivity index is 1.25. The number of rotatable bonds is 5.